The fraction of sp³-hybridized carbons (Fsp3) is 0.800. The summed E-state index contributed by atoms with van der Waals surface area (Å²) >= 11 is 0. The number of ether oxygens (including phenoxy) is 3. The predicted octanol–water partition coefficient (Wildman–Crippen LogP) is -0.646. The highest BCUT2D eigenvalue weighted by Gasteiger charge is 2.34. The summed E-state index contributed by atoms with van der Waals surface area (Å²) < 4.78 is 14.9. The van der Waals surface area contributed by atoms with Gasteiger partial charge in [0, 0.05) is 14.2 Å². The van der Waals surface area contributed by atoms with Crippen molar-refractivity contribution < 1.29 is 28.9 Å². The number of aliphatic carboxylic acids is 1. The van der Waals surface area contributed by atoms with Gasteiger partial charge in [-0.05, 0) is 12.8 Å². The van der Waals surface area contributed by atoms with Gasteiger partial charge in [-0.25, -0.2) is 4.79 Å². The van der Waals surface area contributed by atoms with Crippen LogP contribution < -0.4 is 5.32 Å². The quantitative estimate of drug-likeness (QED) is 0.606. The molecule has 1 rings (SSSR count). The molecule has 1 amide bonds. The smallest absolute Gasteiger partial charge is 0.332 e. The number of rotatable bonds is 6. The molecule has 98 valence electrons. The second-order valence-corrected chi connectivity index (χ2v) is 3.68. The average Bonchev–Trinajstić information content (AvgIpc) is 2.79. The summed E-state index contributed by atoms with van der Waals surface area (Å²) in [5, 5.41) is 11.3. The molecular formula is C10H17NO6. The summed E-state index contributed by atoms with van der Waals surface area (Å²) in [6, 6.07) is 0. The highest BCUT2D eigenvalue weighted by atomic mass is 16.7. The number of nitrogens with one attached hydrogen (secondary N) is 1. The van der Waals surface area contributed by atoms with Crippen molar-refractivity contribution in [2.45, 2.75) is 31.3 Å². The Bertz CT molecular complexity index is 278. The van der Waals surface area contributed by atoms with E-state index in [0.29, 0.717) is 12.8 Å². The molecule has 0 aromatic carbocycles. The number of carbonyl (C=O) groups is 2. The minimum atomic E-state index is -1.04. The van der Waals surface area contributed by atoms with Crippen molar-refractivity contribution in [1.29, 1.82) is 0 Å². The van der Waals surface area contributed by atoms with E-state index in [9.17, 15) is 9.59 Å². The van der Waals surface area contributed by atoms with Gasteiger partial charge in [-0.15, -0.1) is 0 Å². The van der Waals surface area contributed by atoms with E-state index in [4.69, 9.17) is 19.3 Å². The van der Waals surface area contributed by atoms with Crippen molar-refractivity contribution >= 4 is 11.9 Å². The second-order valence-electron chi connectivity index (χ2n) is 3.68. The van der Waals surface area contributed by atoms with Crippen LogP contribution in [0.1, 0.15) is 12.8 Å². The van der Waals surface area contributed by atoms with Gasteiger partial charge in [-0.3, -0.25) is 4.79 Å². The maximum Gasteiger partial charge on any atom is 0.332 e. The van der Waals surface area contributed by atoms with Crippen molar-refractivity contribution in [2.24, 2.45) is 0 Å². The fourth-order valence-corrected chi connectivity index (χ4v) is 1.57. The third kappa shape index (κ3) is 3.95. The first-order valence-corrected chi connectivity index (χ1v) is 5.30. The third-order valence-electron chi connectivity index (χ3n) is 2.56. The molecule has 1 heterocycles. The van der Waals surface area contributed by atoms with E-state index >= 15 is 0 Å². The molecule has 0 aromatic rings. The lowest BCUT2D eigenvalue weighted by atomic mass is 10.2. The Morgan fingerprint density at radius 2 is 1.94 bits per heavy atom. The predicted molar refractivity (Wildman–Crippen MR) is 56.3 cm³/mol. The van der Waals surface area contributed by atoms with Gasteiger partial charge in [0.15, 0.2) is 12.4 Å². The first kappa shape index (κ1) is 13.9. The summed E-state index contributed by atoms with van der Waals surface area (Å²) in [5.41, 5.74) is 0. The summed E-state index contributed by atoms with van der Waals surface area (Å²) in [4.78, 5) is 22.2. The molecule has 1 saturated heterocycles. The number of carboxylic acids is 1. The molecule has 1 fully saturated rings. The number of carboxylic acid groups (broad SMARTS) is 1. The highest BCUT2D eigenvalue weighted by molar-refractivity contribution is 5.82. The van der Waals surface area contributed by atoms with Gasteiger partial charge in [-0.1, -0.05) is 0 Å². The number of hydrogen-bond acceptors (Lipinski definition) is 5. The van der Waals surface area contributed by atoms with Crippen LogP contribution >= 0.6 is 0 Å². The first-order valence-electron chi connectivity index (χ1n) is 5.30. The van der Waals surface area contributed by atoms with Gasteiger partial charge >= 0.3 is 5.97 Å². The van der Waals surface area contributed by atoms with E-state index in [1.165, 1.54) is 14.2 Å². The molecule has 0 aliphatic carbocycles. The van der Waals surface area contributed by atoms with Crippen LogP contribution in [0.25, 0.3) is 0 Å². The lowest BCUT2D eigenvalue weighted by Gasteiger charge is -2.16. The van der Waals surface area contributed by atoms with Crippen LogP contribution in [-0.4, -0.2) is 56.2 Å². The van der Waals surface area contributed by atoms with Crippen molar-refractivity contribution in [1.82, 2.24) is 5.32 Å². The lowest BCUT2D eigenvalue weighted by Crippen LogP contribution is -2.40. The normalized spacial score (nSPS) is 23.9. The van der Waals surface area contributed by atoms with E-state index in [1.54, 1.807) is 0 Å². The van der Waals surface area contributed by atoms with Crippen molar-refractivity contribution in [3.8, 4) is 0 Å². The van der Waals surface area contributed by atoms with E-state index < -0.39 is 24.5 Å². The maximum atomic E-state index is 11.6. The summed E-state index contributed by atoms with van der Waals surface area (Å²) in [6.07, 6.45) is -1.34. The molecule has 7 heteroatoms. The molecule has 2 N–H and O–H groups in total. The maximum absolute atomic E-state index is 11.6. The van der Waals surface area contributed by atoms with Gasteiger partial charge in [0.2, 0.25) is 5.91 Å². The molecule has 17 heavy (non-hydrogen) atoms. The highest BCUT2D eigenvalue weighted by Crippen LogP contribution is 2.19. The second kappa shape index (κ2) is 6.53. The molecule has 1 aliphatic heterocycles. The van der Waals surface area contributed by atoms with E-state index in [2.05, 4.69) is 5.32 Å². The number of methoxy groups -OCH3 is 2. The summed E-state index contributed by atoms with van der Waals surface area (Å²) in [7, 11) is 2.93. The zero-order valence-electron chi connectivity index (χ0n) is 9.84. The van der Waals surface area contributed by atoms with Crippen LogP contribution in [0, 0.1) is 0 Å². The van der Waals surface area contributed by atoms with E-state index in [1.807, 2.05) is 0 Å². The van der Waals surface area contributed by atoms with Crippen LogP contribution in [0.15, 0.2) is 0 Å². The third-order valence-corrected chi connectivity index (χ3v) is 2.56. The van der Waals surface area contributed by atoms with Crippen LogP contribution in [0.2, 0.25) is 0 Å². The van der Waals surface area contributed by atoms with Crippen LogP contribution in [0.3, 0.4) is 0 Å². The van der Waals surface area contributed by atoms with Crippen LogP contribution in [-0.2, 0) is 23.8 Å². The largest absolute Gasteiger partial charge is 0.479 e. The van der Waals surface area contributed by atoms with Crippen molar-refractivity contribution in [3.63, 3.8) is 0 Å². The standard InChI is InChI=1S/C10H17NO6/c1-15-8(16-2)5-11-9(12)6-3-4-7(17-6)10(13)14/h6-8H,3-5H2,1-2H3,(H,11,12)(H,13,14). The number of hydrogen-bond donors (Lipinski definition) is 2. The minimum absolute atomic E-state index is 0.198. The number of amides is 1. The Hall–Kier alpha value is -1.18. The molecule has 0 aromatic heterocycles. The molecule has 0 spiro atoms. The van der Waals surface area contributed by atoms with Crippen LogP contribution in [0.4, 0.5) is 0 Å². The Balaban J connectivity index is 2.32. The number of carbonyl (C=O) groups excluding carboxylic acids is 1. The fourth-order valence-electron chi connectivity index (χ4n) is 1.57. The topological polar surface area (TPSA) is 94.1 Å². The summed E-state index contributed by atoms with van der Waals surface area (Å²) in [5.74, 6) is -1.38. The molecule has 0 bridgehead atoms. The van der Waals surface area contributed by atoms with Gasteiger partial charge < -0.3 is 24.6 Å². The Morgan fingerprint density at radius 1 is 1.35 bits per heavy atom. The van der Waals surface area contributed by atoms with Crippen LogP contribution in [0.5, 0.6) is 0 Å². The van der Waals surface area contributed by atoms with Gasteiger partial charge in [0.25, 0.3) is 0 Å². The van der Waals surface area contributed by atoms with E-state index in [-0.39, 0.29) is 12.5 Å². The molecule has 0 saturated carbocycles. The SMILES string of the molecule is COC(CNC(=O)C1CCC(C(=O)O)O1)OC. The molecule has 7 nitrogen and oxygen atoms in total. The lowest BCUT2D eigenvalue weighted by molar-refractivity contribution is -0.152. The zero-order valence-corrected chi connectivity index (χ0v) is 9.84. The monoisotopic (exact) mass is 247 g/mol. The van der Waals surface area contributed by atoms with Gasteiger partial charge in [0.05, 0.1) is 6.54 Å². The molecule has 0 radical (unpaired) electrons. The van der Waals surface area contributed by atoms with E-state index in [0.717, 1.165) is 0 Å². The minimum Gasteiger partial charge on any atom is -0.479 e. The summed E-state index contributed by atoms with van der Waals surface area (Å²) in [6.45, 7) is 0.198. The molecule has 2 unspecified atom stereocenters. The van der Waals surface area contributed by atoms with Crippen molar-refractivity contribution in [3.05, 3.63) is 0 Å². The molecule has 1 aliphatic rings. The van der Waals surface area contributed by atoms with Crippen molar-refractivity contribution in [2.75, 3.05) is 20.8 Å². The Kier molecular flexibility index (Phi) is 5.33. The Morgan fingerprint density at radius 3 is 2.41 bits per heavy atom. The zero-order chi connectivity index (χ0) is 12.8. The molecule has 2 atom stereocenters. The average molecular weight is 247 g/mol. The Labute approximate surface area is 99.0 Å². The van der Waals surface area contributed by atoms with Gasteiger partial charge in [-0.2, -0.15) is 0 Å². The molecular weight excluding hydrogens is 230 g/mol. The first-order chi connectivity index (χ1) is 8.08. The van der Waals surface area contributed by atoms with Gasteiger partial charge in [0.1, 0.15) is 6.10 Å².